The van der Waals surface area contributed by atoms with Gasteiger partial charge in [0.1, 0.15) is 0 Å². The van der Waals surface area contributed by atoms with Crippen molar-refractivity contribution in [3.8, 4) is 0 Å². The second-order valence-electron chi connectivity index (χ2n) is 5.17. The van der Waals surface area contributed by atoms with Crippen LogP contribution in [0.5, 0.6) is 0 Å². The van der Waals surface area contributed by atoms with E-state index in [1.807, 2.05) is 0 Å². The zero-order valence-corrected chi connectivity index (χ0v) is 8.84. The average Bonchev–Trinajstić information content (AvgIpc) is 2.94. The van der Waals surface area contributed by atoms with Crippen LogP contribution < -0.4 is 11.1 Å². The zero-order chi connectivity index (χ0) is 9.47. The number of nitrogens with one attached hydrogen (secondary N) is 1. The molecule has 0 amide bonds. The van der Waals surface area contributed by atoms with Gasteiger partial charge in [0, 0.05) is 18.1 Å². The molecule has 0 bridgehead atoms. The van der Waals surface area contributed by atoms with Crippen LogP contribution in [0.4, 0.5) is 0 Å². The van der Waals surface area contributed by atoms with Gasteiger partial charge in [-0.1, -0.05) is 13.3 Å². The van der Waals surface area contributed by atoms with Crippen molar-refractivity contribution in [3.05, 3.63) is 0 Å². The summed E-state index contributed by atoms with van der Waals surface area (Å²) in [5.41, 5.74) is 6.28. The molecule has 0 saturated heterocycles. The van der Waals surface area contributed by atoms with Crippen LogP contribution in [-0.4, -0.2) is 18.1 Å². The molecule has 3 unspecified atom stereocenters. The zero-order valence-electron chi connectivity index (χ0n) is 8.84. The maximum atomic E-state index is 6.22. The minimum atomic E-state index is 0.0564. The molecule has 0 spiro atoms. The lowest BCUT2D eigenvalue weighted by Crippen LogP contribution is -2.48. The summed E-state index contributed by atoms with van der Waals surface area (Å²) < 4.78 is 0. The topological polar surface area (TPSA) is 38.0 Å². The molecule has 2 rings (SSSR count). The average molecular weight is 182 g/mol. The second-order valence-corrected chi connectivity index (χ2v) is 5.17. The Morgan fingerprint density at radius 3 is 2.62 bits per heavy atom. The summed E-state index contributed by atoms with van der Waals surface area (Å²) in [6, 6.07) is 0.784. The van der Waals surface area contributed by atoms with Crippen LogP contribution in [-0.2, 0) is 0 Å². The van der Waals surface area contributed by atoms with E-state index in [4.69, 9.17) is 5.73 Å². The van der Waals surface area contributed by atoms with Gasteiger partial charge in [0.05, 0.1) is 0 Å². The van der Waals surface area contributed by atoms with E-state index in [9.17, 15) is 0 Å². The Morgan fingerprint density at radius 1 is 1.46 bits per heavy atom. The summed E-state index contributed by atoms with van der Waals surface area (Å²) in [6.07, 6.45) is 5.38. The SMILES string of the molecule is CCC1CC1NCC(C)(N)C1CC1. The third kappa shape index (κ3) is 2.23. The molecular formula is C11H22N2. The first-order valence-electron chi connectivity index (χ1n) is 5.65. The van der Waals surface area contributed by atoms with Crippen molar-refractivity contribution in [3.63, 3.8) is 0 Å². The van der Waals surface area contributed by atoms with E-state index < -0.39 is 0 Å². The molecule has 3 N–H and O–H groups in total. The van der Waals surface area contributed by atoms with Crippen LogP contribution >= 0.6 is 0 Å². The predicted octanol–water partition coefficient (Wildman–Crippen LogP) is 1.50. The van der Waals surface area contributed by atoms with Crippen molar-refractivity contribution >= 4 is 0 Å². The quantitative estimate of drug-likeness (QED) is 0.676. The fraction of sp³-hybridized carbons (Fsp3) is 1.00. The first-order valence-corrected chi connectivity index (χ1v) is 5.65. The molecule has 76 valence electrons. The highest BCUT2D eigenvalue weighted by Gasteiger charge is 2.41. The molecule has 0 aliphatic heterocycles. The molecule has 2 saturated carbocycles. The molecular weight excluding hydrogens is 160 g/mol. The van der Waals surface area contributed by atoms with Gasteiger partial charge in [0.15, 0.2) is 0 Å². The first kappa shape index (κ1) is 9.47. The Kier molecular flexibility index (Phi) is 2.37. The lowest BCUT2D eigenvalue weighted by Gasteiger charge is -2.24. The molecule has 0 aromatic heterocycles. The monoisotopic (exact) mass is 182 g/mol. The third-order valence-electron chi connectivity index (χ3n) is 3.70. The largest absolute Gasteiger partial charge is 0.324 e. The van der Waals surface area contributed by atoms with Gasteiger partial charge in [0.25, 0.3) is 0 Å². The molecule has 0 aromatic rings. The second kappa shape index (κ2) is 3.25. The smallest absolute Gasteiger partial charge is 0.0280 e. The number of rotatable bonds is 5. The molecule has 2 heteroatoms. The highest BCUT2D eigenvalue weighted by molar-refractivity contribution is 5.00. The van der Waals surface area contributed by atoms with Crippen molar-refractivity contribution < 1.29 is 0 Å². The summed E-state index contributed by atoms with van der Waals surface area (Å²) in [6.45, 7) is 5.48. The molecule has 2 fully saturated rings. The molecule has 3 atom stereocenters. The van der Waals surface area contributed by atoms with Gasteiger partial charge in [-0.15, -0.1) is 0 Å². The van der Waals surface area contributed by atoms with Crippen LogP contribution in [0.2, 0.25) is 0 Å². The van der Waals surface area contributed by atoms with Crippen LogP contribution in [0.25, 0.3) is 0 Å². The number of nitrogens with two attached hydrogens (primary N) is 1. The summed E-state index contributed by atoms with van der Waals surface area (Å²) >= 11 is 0. The summed E-state index contributed by atoms with van der Waals surface area (Å²) in [7, 11) is 0. The number of hydrogen-bond acceptors (Lipinski definition) is 2. The summed E-state index contributed by atoms with van der Waals surface area (Å²) in [4.78, 5) is 0. The highest BCUT2D eigenvalue weighted by Crippen LogP contribution is 2.39. The first-order chi connectivity index (χ1) is 6.13. The van der Waals surface area contributed by atoms with Gasteiger partial charge in [-0.2, -0.15) is 0 Å². The van der Waals surface area contributed by atoms with Gasteiger partial charge in [-0.3, -0.25) is 0 Å². The van der Waals surface area contributed by atoms with E-state index >= 15 is 0 Å². The Bertz CT molecular complexity index is 185. The van der Waals surface area contributed by atoms with E-state index in [0.29, 0.717) is 0 Å². The Hall–Kier alpha value is -0.0800. The highest BCUT2D eigenvalue weighted by atomic mass is 15.0. The van der Waals surface area contributed by atoms with E-state index in [-0.39, 0.29) is 5.54 Å². The fourth-order valence-corrected chi connectivity index (χ4v) is 2.19. The molecule has 0 aromatic carbocycles. The molecule has 2 aliphatic rings. The molecule has 0 radical (unpaired) electrons. The van der Waals surface area contributed by atoms with Gasteiger partial charge in [0.2, 0.25) is 0 Å². The van der Waals surface area contributed by atoms with Crippen LogP contribution in [0.3, 0.4) is 0 Å². The lowest BCUT2D eigenvalue weighted by molar-refractivity contribution is 0.375. The minimum absolute atomic E-state index is 0.0564. The van der Waals surface area contributed by atoms with Crippen LogP contribution in [0.1, 0.15) is 39.5 Å². The lowest BCUT2D eigenvalue weighted by atomic mass is 9.97. The van der Waals surface area contributed by atoms with Crippen molar-refractivity contribution in [2.45, 2.75) is 51.1 Å². The summed E-state index contributed by atoms with van der Waals surface area (Å²) in [5.74, 6) is 1.73. The van der Waals surface area contributed by atoms with E-state index in [2.05, 4.69) is 19.2 Å². The van der Waals surface area contributed by atoms with Gasteiger partial charge in [-0.25, -0.2) is 0 Å². The normalized spacial score (nSPS) is 37.2. The number of hydrogen-bond donors (Lipinski definition) is 2. The maximum Gasteiger partial charge on any atom is 0.0280 e. The van der Waals surface area contributed by atoms with Crippen molar-refractivity contribution in [1.29, 1.82) is 0 Å². The molecule has 2 aliphatic carbocycles. The minimum Gasteiger partial charge on any atom is -0.324 e. The Balaban J connectivity index is 1.67. The molecule has 0 heterocycles. The van der Waals surface area contributed by atoms with Crippen LogP contribution in [0, 0.1) is 11.8 Å². The van der Waals surface area contributed by atoms with Gasteiger partial charge in [-0.05, 0) is 38.0 Å². The summed E-state index contributed by atoms with van der Waals surface area (Å²) in [5, 5.41) is 3.59. The van der Waals surface area contributed by atoms with Crippen molar-refractivity contribution in [2.75, 3.05) is 6.54 Å². The Labute approximate surface area is 81.3 Å². The van der Waals surface area contributed by atoms with Crippen molar-refractivity contribution in [2.24, 2.45) is 17.6 Å². The van der Waals surface area contributed by atoms with E-state index in [1.165, 1.54) is 25.7 Å². The third-order valence-corrected chi connectivity index (χ3v) is 3.70. The van der Waals surface area contributed by atoms with Gasteiger partial charge < -0.3 is 11.1 Å². The molecule has 2 nitrogen and oxygen atoms in total. The fourth-order valence-electron chi connectivity index (χ4n) is 2.19. The van der Waals surface area contributed by atoms with E-state index in [1.54, 1.807) is 0 Å². The Morgan fingerprint density at radius 2 is 2.15 bits per heavy atom. The maximum absolute atomic E-state index is 6.22. The van der Waals surface area contributed by atoms with Crippen molar-refractivity contribution in [1.82, 2.24) is 5.32 Å². The standard InChI is InChI=1S/C11H22N2/c1-3-8-6-10(8)13-7-11(2,12)9-4-5-9/h8-10,13H,3-7,12H2,1-2H3. The van der Waals surface area contributed by atoms with Gasteiger partial charge >= 0.3 is 0 Å². The predicted molar refractivity (Wildman–Crippen MR) is 55.5 cm³/mol. The van der Waals surface area contributed by atoms with E-state index in [0.717, 1.165) is 24.4 Å². The van der Waals surface area contributed by atoms with Crippen LogP contribution in [0.15, 0.2) is 0 Å². The molecule has 13 heavy (non-hydrogen) atoms.